The quantitative estimate of drug-likeness (QED) is 0.280. The highest BCUT2D eigenvalue weighted by atomic mass is 127. The van der Waals surface area contributed by atoms with E-state index in [-0.39, 0.29) is 34.8 Å². The van der Waals surface area contributed by atoms with Gasteiger partial charge in [0.05, 0.1) is 19.7 Å². The summed E-state index contributed by atoms with van der Waals surface area (Å²) >= 11 is 0. The van der Waals surface area contributed by atoms with E-state index in [1.54, 1.807) is 7.11 Å². The molecule has 1 aromatic carbocycles. The first-order valence-electron chi connectivity index (χ1n) is 10.6. The van der Waals surface area contributed by atoms with Gasteiger partial charge in [-0.1, -0.05) is 12.1 Å². The number of likely N-dealkylation sites (tertiary alicyclic amines) is 1. The number of nitrogens with one attached hydrogen (secondary N) is 2. The summed E-state index contributed by atoms with van der Waals surface area (Å²) in [6, 6.07) is 8.53. The molecule has 0 spiro atoms. The molecule has 0 bridgehead atoms. The minimum atomic E-state index is -0.873. The van der Waals surface area contributed by atoms with E-state index in [2.05, 4.69) is 34.6 Å². The number of methoxy groups -OCH3 is 1. The first-order valence-corrected chi connectivity index (χ1v) is 12.0. The van der Waals surface area contributed by atoms with Crippen molar-refractivity contribution < 1.29 is 8.95 Å². The van der Waals surface area contributed by atoms with Crippen LogP contribution in [0.2, 0.25) is 0 Å². The standard InChI is InChI=1S/C22H38N4O2S.HI/c1-6-23-21(24-12-15-29(27)22(2,3)4)25-17-20(26-13-7-8-14-26)18-10-9-11-19(16-18)28-5;/h9-11,16,20H,6-8,12-15,17H2,1-5H3,(H2,23,24,25);1H. The highest BCUT2D eigenvalue weighted by molar-refractivity contribution is 14.0. The van der Waals surface area contributed by atoms with E-state index in [1.807, 2.05) is 32.9 Å². The Morgan fingerprint density at radius 3 is 2.57 bits per heavy atom. The summed E-state index contributed by atoms with van der Waals surface area (Å²) in [4.78, 5) is 7.37. The number of nitrogens with zero attached hydrogens (tertiary/aromatic N) is 2. The maximum absolute atomic E-state index is 12.3. The van der Waals surface area contributed by atoms with Crippen LogP contribution in [0.25, 0.3) is 0 Å². The van der Waals surface area contributed by atoms with Crippen molar-refractivity contribution in [2.24, 2.45) is 4.99 Å². The Morgan fingerprint density at radius 2 is 1.97 bits per heavy atom. The molecule has 8 heteroatoms. The lowest BCUT2D eigenvalue weighted by Gasteiger charge is -2.27. The van der Waals surface area contributed by atoms with E-state index >= 15 is 0 Å². The molecule has 1 aliphatic rings. The average Bonchev–Trinajstić information content (AvgIpc) is 3.22. The van der Waals surface area contributed by atoms with Crippen LogP contribution < -0.4 is 15.4 Å². The third kappa shape index (κ3) is 8.70. The lowest BCUT2D eigenvalue weighted by atomic mass is 10.1. The van der Waals surface area contributed by atoms with Crippen LogP contribution in [0.3, 0.4) is 0 Å². The Balaban J connectivity index is 0.00000450. The highest BCUT2D eigenvalue weighted by Crippen LogP contribution is 2.27. The fourth-order valence-electron chi connectivity index (χ4n) is 3.42. The second kappa shape index (κ2) is 13.5. The molecule has 0 aliphatic carbocycles. The Labute approximate surface area is 202 Å². The van der Waals surface area contributed by atoms with Gasteiger partial charge in [-0.25, -0.2) is 0 Å². The molecule has 1 fully saturated rings. The van der Waals surface area contributed by atoms with Gasteiger partial charge in [0.25, 0.3) is 0 Å². The van der Waals surface area contributed by atoms with Gasteiger partial charge in [0.15, 0.2) is 5.96 Å². The summed E-state index contributed by atoms with van der Waals surface area (Å²) in [6.45, 7) is 12.4. The van der Waals surface area contributed by atoms with Crippen LogP contribution in [0.15, 0.2) is 29.3 Å². The van der Waals surface area contributed by atoms with Crippen molar-refractivity contribution in [2.45, 2.75) is 51.3 Å². The minimum Gasteiger partial charge on any atom is -0.497 e. The summed E-state index contributed by atoms with van der Waals surface area (Å²) in [5.41, 5.74) is 1.24. The minimum absolute atomic E-state index is 0. The topological polar surface area (TPSA) is 66.0 Å². The fourth-order valence-corrected chi connectivity index (χ4v) is 4.32. The van der Waals surface area contributed by atoms with Crippen molar-refractivity contribution in [1.29, 1.82) is 0 Å². The van der Waals surface area contributed by atoms with Gasteiger partial charge in [-0.05, 0) is 71.3 Å². The van der Waals surface area contributed by atoms with Crippen molar-refractivity contribution in [3.05, 3.63) is 29.8 Å². The molecule has 2 N–H and O–H groups in total. The van der Waals surface area contributed by atoms with Crippen molar-refractivity contribution >= 4 is 40.7 Å². The molecule has 0 radical (unpaired) electrons. The molecule has 0 amide bonds. The molecule has 1 heterocycles. The number of guanidine groups is 1. The summed E-state index contributed by atoms with van der Waals surface area (Å²) in [7, 11) is 0.832. The third-order valence-electron chi connectivity index (χ3n) is 5.09. The molecule has 1 aromatic rings. The van der Waals surface area contributed by atoms with Crippen molar-refractivity contribution in [2.75, 3.05) is 45.6 Å². The monoisotopic (exact) mass is 550 g/mol. The van der Waals surface area contributed by atoms with Gasteiger partial charge in [-0.15, -0.1) is 24.0 Å². The maximum Gasteiger partial charge on any atom is 0.191 e. The van der Waals surface area contributed by atoms with Crippen LogP contribution in [0.1, 0.15) is 52.1 Å². The number of rotatable bonds is 9. The van der Waals surface area contributed by atoms with E-state index in [0.29, 0.717) is 18.8 Å². The van der Waals surface area contributed by atoms with Crippen LogP contribution >= 0.6 is 24.0 Å². The molecule has 0 saturated carbocycles. The maximum atomic E-state index is 12.3. The van der Waals surface area contributed by atoms with E-state index in [9.17, 15) is 4.21 Å². The van der Waals surface area contributed by atoms with Gasteiger partial charge in [0, 0.05) is 34.4 Å². The lowest BCUT2D eigenvalue weighted by molar-refractivity contribution is 0.251. The van der Waals surface area contributed by atoms with E-state index in [4.69, 9.17) is 9.73 Å². The number of aliphatic imine (C=N–C) groups is 1. The summed E-state index contributed by atoms with van der Waals surface area (Å²) in [6.07, 6.45) is 2.47. The van der Waals surface area contributed by atoms with Gasteiger partial charge in [-0.3, -0.25) is 14.1 Å². The van der Waals surface area contributed by atoms with Crippen molar-refractivity contribution in [3.8, 4) is 5.75 Å². The van der Waals surface area contributed by atoms with E-state index in [0.717, 1.165) is 31.3 Å². The van der Waals surface area contributed by atoms with Crippen LogP contribution in [-0.2, 0) is 10.8 Å². The Bertz CT molecular complexity index is 688. The van der Waals surface area contributed by atoms with Crippen LogP contribution in [0.4, 0.5) is 0 Å². The number of hydrogen-bond acceptors (Lipinski definition) is 4. The van der Waals surface area contributed by atoms with E-state index in [1.165, 1.54) is 18.4 Å². The summed E-state index contributed by atoms with van der Waals surface area (Å²) in [5, 5.41) is 6.66. The molecule has 6 nitrogen and oxygen atoms in total. The average molecular weight is 551 g/mol. The van der Waals surface area contributed by atoms with Gasteiger partial charge in [-0.2, -0.15) is 0 Å². The smallest absolute Gasteiger partial charge is 0.191 e. The Hall–Kier alpha value is -0.870. The second-order valence-corrected chi connectivity index (χ2v) is 10.7. The normalized spacial score (nSPS) is 17.2. The predicted octanol–water partition coefficient (Wildman–Crippen LogP) is 3.55. The molecule has 1 saturated heterocycles. The zero-order valence-corrected chi connectivity index (χ0v) is 22.2. The third-order valence-corrected chi connectivity index (χ3v) is 7.03. The predicted molar refractivity (Wildman–Crippen MR) is 139 cm³/mol. The Kier molecular flexibility index (Phi) is 12.2. The van der Waals surface area contributed by atoms with Gasteiger partial charge >= 0.3 is 0 Å². The van der Waals surface area contributed by atoms with Crippen LogP contribution in [0.5, 0.6) is 5.75 Å². The highest BCUT2D eigenvalue weighted by Gasteiger charge is 2.24. The van der Waals surface area contributed by atoms with Crippen molar-refractivity contribution in [1.82, 2.24) is 15.5 Å². The number of benzene rings is 1. The van der Waals surface area contributed by atoms with Gasteiger partial charge in [0.2, 0.25) is 0 Å². The van der Waals surface area contributed by atoms with Crippen LogP contribution in [-0.4, -0.2) is 65.4 Å². The molecular weight excluding hydrogens is 511 g/mol. The van der Waals surface area contributed by atoms with Gasteiger partial charge in [0.1, 0.15) is 5.75 Å². The first-order chi connectivity index (χ1) is 13.8. The molecular formula is C22H39IN4O2S. The molecule has 172 valence electrons. The molecule has 2 rings (SSSR count). The molecule has 30 heavy (non-hydrogen) atoms. The molecule has 1 aliphatic heterocycles. The number of halogens is 1. The zero-order valence-electron chi connectivity index (χ0n) is 19.1. The second-order valence-electron chi connectivity index (χ2n) is 8.34. The first kappa shape index (κ1) is 27.2. The largest absolute Gasteiger partial charge is 0.497 e. The molecule has 2 atom stereocenters. The van der Waals surface area contributed by atoms with E-state index < -0.39 is 10.8 Å². The zero-order chi connectivity index (χ0) is 21.3. The summed E-state index contributed by atoms with van der Waals surface area (Å²) < 4.78 is 17.5. The number of hydrogen-bond donors (Lipinski definition) is 2. The number of ether oxygens (including phenoxy) is 1. The molecule has 0 aromatic heterocycles. The van der Waals surface area contributed by atoms with Crippen molar-refractivity contribution in [3.63, 3.8) is 0 Å². The van der Waals surface area contributed by atoms with Crippen LogP contribution in [0, 0.1) is 0 Å². The fraction of sp³-hybridized carbons (Fsp3) is 0.682. The SMILES string of the molecule is CCNC(=NCC(c1cccc(OC)c1)N1CCCC1)NCCS(=O)C(C)(C)C.I. The molecule has 2 unspecified atom stereocenters. The Morgan fingerprint density at radius 1 is 1.27 bits per heavy atom. The van der Waals surface area contributed by atoms with Gasteiger partial charge < -0.3 is 15.4 Å². The summed E-state index contributed by atoms with van der Waals surface area (Å²) in [5.74, 6) is 2.27. The lowest BCUT2D eigenvalue weighted by Crippen LogP contribution is -2.41.